The third-order valence-electron chi connectivity index (χ3n) is 5.92. The summed E-state index contributed by atoms with van der Waals surface area (Å²) in [4.78, 5) is 17.2. The number of aromatic nitrogens is 6. The standard InChI is InChI=1S/C26H22ClF3N8O3/c1-3-40-21-13-17(27)12-20-22(21)37(2)25(31-18-8-10-19(11-9-18)41-26(28,29)30)38(20)14-15-4-6-16(7-5-15)23(39)32-24-33-35-36-34-24/h4-13H,3,14H2,1-2H3,(H2,32,33,34,35,36,39)/b31-25+. The first-order chi connectivity index (χ1) is 19.6. The summed E-state index contributed by atoms with van der Waals surface area (Å²) in [5, 5.41) is 15.9. The van der Waals surface area contributed by atoms with Crippen LogP contribution < -0.4 is 20.4 Å². The molecule has 212 valence electrons. The van der Waals surface area contributed by atoms with Crippen molar-refractivity contribution < 1.29 is 27.4 Å². The Hall–Kier alpha value is -4.85. The Balaban J connectivity index is 1.55. The fraction of sp³-hybridized carbons (Fsp3) is 0.192. The molecule has 2 N–H and O–H groups in total. The average molecular weight is 587 g/mol. The molecular formula is C26H22ClF3N8O3. The largest absolute Gasteiger partial charge is 0.573 e. The van der Waals surface area contributed by atoms with Crippen molar-refractivity contribution in [3.8, 4) is 11.5 Å². The second-order valence-electron chi connectivity index (χ2n) is 8.70. The fourth-order valence-electron chi connectivity index (χ4n) is 4.22. The van der Waals surface area contributed by atoms with Gasteiger partial charge >= 0.3 is 6.36 Å². The van der Waals surface area contributed by atoms with Gasteiger partial charge in [-0.05, 0) is 65.4 Å². The van der Waals surface area contributed by atoms with E-state index in [2.05, 4.69) is 30.7 Å². The summed E-state index contributed by atoms with van der Waals surface area (Å²) in [6.07, 6.45) is -4.80. The maximum atomic E-state index is 12.6. The van der Waals surface area contributed by atoms with E-state index >= 15 is 0 Å². The quantitative estimate of drug-likeness (QED) is 0.264. The Morgan fingerprint density at radius 3 is 2.49 bits per heavy atom. The zero-order chi connectivity index (χ0) is 29.1. The summed E-state index contributed by atoms with van der Waals surface area (Å²) < 4.78 is 51.3. The predicted molar refractivity (Wildman–Crippen MR) is 143 cm³/mol. The molecule has 0 fully saturated rings. The van der Waals surface area contributed by atoms with Crippen molar-refractivity contribution in [3.05, 3.63) is 82.4 Å². The molecule has 0 saturated heterocycles. The summed E-state index contributed by atoms with van der Waals surface area (Å²) in [7, 11) is 1.81. The number of imidazole rings is 1. The molecule has 2 heterocycles. The number of aromatic amines is 1. The number of amides is 1. The minimum Gasteiger partial charge on any atom is -0.492 e. The van der Waals surface area contributed by atoms with Crippen molar-refractivity contribution >= 4 is 40.2 Å². The van der Waals surface area contributed by atoms with Gasteiger partial charge in [0, 0.05) is 23.7 Å². The number of tetrazole rings is 1. The molecule has 3 aromatic carbocycles. The van der Waals surface area contributed by atoms with Crippen molar-refractivity contribution in [2.45, 2.75) is 19.8 Å². The van der Waals surface area contributed by atoms with Crippen molar-refractivity contribution in [1.82, 2.24) is 29.8 Å². The molecule has 0 aliphatic rings. The highest BCUT2D eigenvalue weighted by molar-refractivity contribution is 6.31. The molecule has 0 bridgehead atoms. The van der Waals surface area contributed by atoms with Crippen molar-refractivity contribution in [1.29, 1.82) is 0 Å². The summed E-state index contributed by atoms with van der Waals surface area (Å²) in [5.41, 5.74) is 3.55. The van der Waals surface area contributed by atoms with Crippen molar-refractivity contribution in [2.24, 2.45) is 12.0 Å². The van der Waals surface area contributed by atoms with Gasteiger partial charge < -0.3 is 18.6 Å². The lowest BCUT2D eigenvalue weighted by Crippen LogP contribution is -2.24. The van der Waals surface area contributed by atoms with E-state index in [9.17, 15) is 18.0 Å². The predicted octanol–water partition coefficient (Wildman–Crippen LogP) is 4.98. The second kappa shape index (κ2) is 11.3. The van der Waals surface area contributed by atoms with E-state index in [1.807, 2.05) is 16.1 Å². The molecule has 0 aliphatic carbocycles. The third-order valence-corrected chi connectivity index (χ3v) is 6.14. The van der Waals surface area contributed by atoms with Crippen LogP contribution in [0.3, 0.4) is 0 Å². The number of hydrogen-bond donors (Lipinski definition) is 2. The molecule has 0 spiro atoms. The van der Waals surface area contributed by atoms with Crippen LogP contribution >= 0.6 is 11.6 Å². The Morgan fingerprint density at radius 2 is 1.85 bits per heavy atom. The van der Waals surface area contributed by atoms with Crippen LogP contribution in [-0.2, 0) is 13.6 Å². The van der Waals surface area contributed by atoms with Crippen LogP contribution in [-0.4, -0.2) is 48.6 Å². The molecule has 0 unspecified atom stereocenters. The number of aryl methyl sites for hydroxylation is 1. The van der Waals surface area contributed by atoms with Gasteiger partial charge in [-0.2, -0.15) is 0 Å². The van der Waals surface area contributed by atoms with Gasteiger partial charge in [-0.25, -0.2) is 10.1 Å². The Morgan fingerprint density at radius 1 is 1.12 bits per heavy atom. The molecule has 0 saturated carbocycles. The Labute approximate surface area is 235 Å². The first-order valence-electron chi connectivity index (χ1n) is 12.2. The van der Waals surface area contributed by atoms with Gasteiger partial charge in [0.05, 0.1) is 24.4 Å². The van der Waals surface area contributed by atoms with Crippen LogP contribution in [0.2, 0.25) is 5.02 Å². The molecule has 0 atom stereocenters. The smallest absolute Gasteiger partial charge is 0.492 e. The zero-order valence-corrected chi connectivity index (χ0v) is 22.4. The van der Waals surface area contributed by atoms with Crippen LogP contribution in [0.15, 0.2) is 65.7 Å². The summed E-state index contributed by atoms with van der Waals surface area (Å²) >= 11 is 6.44. The molecule has 5 rings (SSSR count). The van der Waals surface area contributed by atoms with E-state index in [1.165, 1.54) is 24.3 Å². The topological polar surface area (TPSA) is 124 Å². The number of benzene rings is 3. The highest BCUT2D eigenvalue weighted by Crippen LogP contribution is 2.30. The number of H-pyrrole nitrogens is 1. The molecule has 15 heteroatoms. The molecule has 1 amide bonds. The normalized spacial score (nSPS) is 12.1. The lowest BCUT2D eigenvalue weighted by Gasteiger charge is -2.09. The number of fused-ring (bicyclic) bond motifs is 1. The minimum absolute atomic E-state index is 0.122. The van der Waals surface area contributed by atoms with Gasteiger partial charge in [-0.1, -0.05) is 28.8 Å². The second-order valence-corrected chi connectivity index (χ2v) is 9.14. The number of rotatable bonds is 8. The number of hydrogen-bond acceptors (Lipinski definition) is 7. The molecule has 0 aliphatic heterocycles. The van der Waals surface area contributed by atoms with E-state index in [0.717, 1.165) is 16.6 Å². The maximum absolute atomic E-state index is 12.6. The maximum Gasteiger partial charge on any atom is 0.573 e. The highest BCUT2D eigenvalue weighted by atomic mass is 35.5. The molecule has 41 heavy (non-hydrogen) atoms. The zero-order valence-electron chi connectivity index (χ0n) is 21.6. The van der Waals surface area contributed by atoms with Gasteiger partial charge in [0.2, 0.25) is 11.6 Å². The Bertz CT molecular complexity index is 1750. The average Bonchev–Trinajstić information content (AvgIpc) is 3.52. The number of halogens is 4. The monoisotopic (exact) mass is 586 g/mol. The fourth-order valence-corrected chi connectivity index (χ4v) is 4.43. The van der Waals surface area contributed by atoms with Crippen molar-refractivity contribution in [3.63, 3.8) is 0 Å². The van der Waals surface area contributed by atoms with Crippen LogP contribution in [0, 0.1) is 0 Å². The number of nitrogens with one attached hydrogen (secondary N) is 2. The third kappa shape index (κ3) is 6.32. The number of ether oxygens (including phenoxy) is 2. The molecule has 0 radical (unpaired) electrons. The summed E-state index contributed by atoms with van der Waals surface area (Å²) in [6.45, 7) is 2.59. The van der Waals surface area contributed by atoms with E-state index in [1.54, 1.807) is 43.4 Å². The summed E-state index contributed by atoms with van der Waals surface area (Å²) in [5.74, 6) is -0.0719. The minimum atomic E-state index is -4.80. The van der Waals surface area contributed by atoms with E-state index in [0.29, 0.717) is 40.8 Å². The van der Waals surface area contributed by atoms with E-state index in [4.69, 9.17) is 21.3 Å². The lowest BCUT2D eigenvalue weighted by molar-refractivity contribution is -0.274. The van der Waals surface area contributed by atoms with Crippen LogP contribution in [0.1, 0.15) is 22.8 Å². The van der Waals surface area contributed by atoms with Gasteiger partial charge in [0.1, 0.15) is 17.0 Å². The number of alkyl halides is 3. The molecular weight excluding hydrogens is 565 g/mol. The molecule has 5 aromatic rings. The lowest BCUT2D eigenvalue weighted by atomic mass is 10.1. The van der Waals surface area contributed by atoms with Gasteiger partial charge in [-0.3, -0.25) is 10.1 Å². The van der Waals surface area contributed by atoms with Gasteiger partial charge in [0.25, 0.3) is 5.91 Å². The molecule has 2 aromatic heterocycles. The van der Waals surface area contributed by atoms with Gasteiger partial charge in [-0.15, -0.1) is 13.2 Å². The summed E-state index contributed by atoms with van der Waals surface area (Å²) in [6, 6.07) is 15.6. The molecule has 11 nitrogen and oxygen atoms in total. The SMILES string of the molecule is CCOc1cc(Cl)cc2c1n(C)/c(=N\c1ccc(OC(F)(F)F)cc1)n2Cc1ccc(C(=O)Nc2nnn[nH]2)cc1. The van der Waals surface area contributed by atoms with E-state index < -0.39 is 12.3 Å². The van der Waals surface area contributed by atoms with Crippen LogP contribution in [0.5, 0.6) is 11.5 Å². The number of nitrogens with zero attached hydrogens (tertiary/aromatic N) is 6. The number of carbonyl (C=O) groups is 1. The van der Waals surface area contributed by atoms with Gasteiger partial charge in [0.15, 0.2) is 0 Å². The number of anilines is 1. The van der Waals surface area contributed by atoms with Crippen molar-refractivity contribution in [2.75, 3.05) is 11.9 Å². The highest BCUT2D eigenvalue weighted by Gasteiger charge is 2.31. The van der Waals surface area contributed by atoms with Crippen LogP contribution in [0.25, 0.3) is 11.0 Å². The first kappa shape index (κ1) is 27.7. The van der Waals surface area contributed by atoms with E-state index in [-0.39, 0.29) is 11.7 Å². The van der Waals surface area contributed by atoms with Crippen LogP contribution in [0.4, 0.5) is 24.8 Å². The Kier molecular flexibility index (Phi) is 7.66. The number of carbonyl (C=O) groups excluding carboxylic acids is 1. The first-order valence-corrected chi connectivity index (χ1v) is 12.5.